The molecule has 3 N–H and O–H groups in total. The second-order valence-corrected chi connectivity index (χ2v) is 3.07. The van der Waals surface area contributed by atoms with Crippen LogP contribution in [-0.2, 0) is 9.59 Å². The fourth-order valence-electron chi connectivity index (χ4n) is 1.03. The van der Waals surface area contributed by atoms with Gasteiger partial charge in [-0.3, -0.25) is 9.59 Å². The first kappa shape index (κ1) is 11.9. The number of carbonyl (C=O) groups is 2. The highest BCUT2D eigenvalue weighted by Crippen LogP contribution is 2.04. The van der Waals surface area contributed by atoms with Gasteiger partial charge in [-0.15, -0.1) is 0 Å². The van der Waals surface area contributed by atoms with Crippen LogP contribution in [0.5, 0.6) is 0 Å². The summed E-state index contributed by atoms with van der Waals surface area (Å²) in [6.07, 6.45) is 0.586. The van der Waals surface area contributed by atoms with Gasteiger partial charge in [-0.1, -0.05) is 6.92 Å². The molecule has 0 aromatic rings. The minimum Gasteiger partial charge on any atom is -0.480 e. The molecule has 5 heteroatoms. The number of rotatable bonds is 5. The Labute approximate surface area is 77.5 Å². The first-order chi connectivity index (χ1) is 5.99. The molecule has 0 aliphatic rings. The number of nitrogens with zero attached hydrogens (tertiary/aromatic N) is 1. The average molecular weight is 188 g/mol. The lowest BCUT2D eigenvalue weighted by atomic mass is 10.1. The number of nitrogens with two attached hydrogens (primary N) is 1. The summed E-state index contributed by atoms with van der Waals surface area (Å²) < 4.78 is 0. The minimum atomic E-state index is -1.00. The summed E-state index contributed by atoms with van der Waals surface area (Å²) in [5.74, 6) is -1.38. The molecule has 0 aromatic carbocycles. The van der Waals surface area contributed by atoms with Gasteiger partial charge in [0, 0.05) is 13.0 Å². The Hall–Kier alpha value is -1.10. The highest BCUT2D eigenvalue weighted by atomic mass is 16.4. The molecule has 76 valence electrons. The number of carboxylic acids is 1. The van der Waals surface area contributed by atoms with Crippen LogP contribution in [0.25, 0.3) is 0 Å². The van der Waals surface area contributed by atoms with Crippen molar-refractivity contribution in [1.29, 1.82) is 0 Å². The molecule has 0 rings (SSSR count). The molecule has 0 heterocycles. The van der Waals surface area contributed by atoms with E-state index in [9.17, 15) is 9.59 Å². The van der Waals surface area contributed by atoms with E-state index in [1.165, 1.54) is 11.9 Å². The fourth-order valence-corrected chi connectivity index (χ4v) is 1.03. The van der Waals surface area contributed by atoms with Gasteiger partial charge in [-0.2, -0.15) is 0 Å². The molecule has 1 unspecified atom stereocenters. The van der Waals surface area contributed by atoms with E-state index < -0.39 is 5.97 Å². The van der Waals surface area contributed by atoms with Crippen LogP contribution in [0.2, 0.25) is 0 Å². The first-order valence-electron chi connectivity index (χ1n) is 4.15. The smallest absolute Gasteiger partial charge is 0.323 e. The molecule has 0 saturated heterocycles. The highest BCUT2D eigenvalue weighted by Gasteiger charge is 2.17. The van der Waals surface area contributed by atoms with Crippen LogP contribution < -0.4 is 5.73 Å². The maximum atomic E-state index is 11.4. The van der Waals surface area contributed by atoms with Crippen LogP contribution in [0.4, 0.5) is 0 Å². The molecule has 0 fully saturated rings. The van der Waals surface area contributed by atoms with Gasteiger partial charge < -0.3 is 15.7 Å². The molecule has 1 atom stereocenters. The Morgan fingerprint density at radius 3 is 2.46 bits per heavy atom. The number of amides is 1. The van der Waals surface area contributed by atoms with Crippen molar-refractivity contribution in [2.24, 2.45) is 11.7 Å². The lowest BCUT2D eigenvalue weighted by molar-refractivity contribution is -0.145. The number of hydrogen-bond acceptors (Lipinski definition) is 3. The molecule has 1 amide bonds. The largest absolute Gasteiger partial charge is 0.480 e. The molecular weight excluding hydrogens is 172 g/mol. The van der Waals surface area contributed by atoms with Gasteiger partial charge in [-0.25, -0.2) is 0 Å². The topological polar surface area (TPSA) is 83.6 Å². The van der Waals surface area contributed by atoms with Crippen molar-refractivity contribution in [2.45, 2.75) is 13.3 Å². The van der Waals surface area contributed by atoms with E-state index in [1.54, 1.807) is 6.92 Å². The van der Waals surface area contributed by atoms with Crippen LogP contribution >= 0.6 is 0 Å². The van der Waals surface area contributed by atoms with Crippen LogP contribution in [0.3, 0.4) is 0 Å². The first-order valence-corrected chi connectivity index (χ1v) is 4.15. The van der Waals surface area contributed by atoms with Crippen LogP contribution in [-0.4, -0.2) is 42.0 Å². The van der Waals surface area contributed by atoms with Gasteiger partial charge in [0.1, 0.15) is 6.54 Å². The van der Waals surface area contributed by atoms with Gasteiger partial charge in [0.2, 0.25) is 5.91 Å². The van der Waals surface area contributed by atoms with Crippen molar-refractivity contribution in [1.82, 2.24) is 4.90 Å². The predicted molar refractivity (Wildman–Crippen MR) is 48.1 cm³/mol. The summed E-state index contributed by atoms with van der Waals surface area (Å²) in [7, 11) is 1.48. The third kappa shape index (κ3) is 4.47. The van der Waals surface area contributed by atoms with E-state index in [-0.39, 0.29) is 18.4 Å². The monoisotopic (exact) mass is 188 g/mol. The number of likely N-dealkylation sites (N-methyl/N-ethyl adjacent to an activating group) is 1. The molecule has 0 bridgehead atoms. The summed E-state index contributed by atoms with van der Waals surface area (Å²) >= 11 is 0. The fraction of sp³-hybridized carbons (Fsp3) is 0.750. The second-order valence-electron chi connectivity index (χ2n) is 3.07. The van der Waals surface area contributed by atoms with E-state index >= 15 is 0 Å². The Bertz CT molecular complexity index is 194. The standard InChI is InChI=1S/C8H16N2O3/c1-6(3-4-9)8(13)10(2)5-7(11)12/h6H,3-5,9H2,1-2H3,(H,11,12). The van der Waals surface area contributed by atoms with Crippen LogP contribution in [0.1, 0.15) is 13.3 Å². The normalized spacial score (nSPS) is 12.2. The molecule has 0 spiro atoms. The number of carbonyl (C=O) groups excluding carboxylic acids is 1. The van der Waals surface area contributed by atoms with E-state index in [1.807, 2.05) is 0 Å². The number of aliphatic carboxylic acids is 1. The maximum Gasteiger partial charge on any atom is 0.323 e. The zero-order chi connectivity index (χ0) is 10.4. The highest BCUT2D eigenvalue weighted by molar-refractivity contribution is 5.82. The van der Waals surface area contributed by atoms with Crippen molar-refractivity contribution in [2.75, 3.05) is 20.1 Å². The third-order valence-corrected chi connectivity index (χ3v) is 1.77. The molecule has 0 radical (unpaired) electrons. The summed E-state index contributed by atoms with van der Waals surface area (Å²) in [6.45, 7) is 1.93. The van der Waals surface area contributed by atoms with Crippen LogP contribution in [0.15, 0.2) is 0 Å². The van der Waals surface area contributed by atoms with Gasteiger partial charge in [0.25, 0.3) is 0 Å². The van der Waals surface area contributed by atoms with Crippen molar-refractivity contribution in [3.05, 3.63) is 0 Å². The number of hydrogen-bond donors (Lipinski definition) is 2. The van der Waals surface area contributed by atoms with Crippen molar-refractivity contribution < 1.29 is 14.7 Å². The number of carboxylic acid groups (broad SMARTS) is 1. The van der Waals surface area contributed by atoms with Gasteiger partial charge in [-0.05, 0) is 13.0 Å². The lowest BCUT2D eigenvalue weighted by Gasteiger charge is -2.18. The maximum absolute atomic E-state index is 11.4. The van der Waals surface area contributed by atoms with E-state index in [4.69, 9.17) is 10.8 Å². The quantitative estimate of drug-likeness (QED) is 0.610. The van der Waals surface area contributed by atoms with Crippen molar-refractivity contribution in [3.8, 4) is 0 Å². The Morgan fingerprint density at radius 2 is 2.08 bits per heavy atom. The Morgan fingerprint density at radius 1 is 1.54 bits per heavy atom. The summed E-state index contributed by atoms with van der Waals surface area (Å²) in [5.41, 5.74) is 5.28. The second kappa shape index (κ2) is 5.53. The lowest BCUT2D eigenvalue weighted by Crippen LogP contribution is -2.36. The molecule has 0 aliphatic carbocycles. The summed E-state index contributed by atoms with van der Waals surface area (Å²) in [4.78, 5) is 22.8. The molecule has 13 heavy (non-hydrogen) atoms. The van der Waals surface area contributed by atoms with Gasteiger partial charge in [0.05, 0.1) is 0 Å². The molecule has 0 aromatic heterocycles. The zero-order valence-corrected chi connectivity index (χ0v) is 7.99. The van der Waals surface area contributed by atoms with E-state index in [0.29, 0.717) is 13.0 Å². The zero-order valence-electron chi connectivity index (χ0n) is 7.99. The molecular formula is C8H16N2O3. The minimum absolute atomic E-state index is 0.173. The van der Waals surface area contributed by atoms with Crippen molar-refractivity contribution >= 4 is 11.9 Å². The van der Waals surface area contributed by atoms with E-state index in [2.05, 4.69) is 0 Å². The SMILES string of the molecule is CC(CCN)C(=O)N(C)CC(=O)O. The summed E-state index contributed by atoms with van der Waals surface area (Å²) in [5, 5.41) is 8.43. The molecule has 0 saturated carbocycles. The molecule has 0 aliphatic heterocycles. The summed E-state index contributed by atoms with van der Waals surface area (Å²) in [6, 6.07) is 0. The van der Waals surface area contributed by atoms with Crippen LogP contribution in [0, 0.1) is 5.92 Å². The predicted octanol–water partition coefficient (Wildman–Crippen LogP) is -0.486. The molecule has 5 nitrogen and oxygen atoms in total. The van der Waals surface area contributed by atoms with Crippen molar-refractivity contribution in [3.63, 3.8) is 0 Å². The average Bonchev–Trinajstić information content (AvgIpc) is 2.02. The third-order valence-electron chi connectivity index (χ3n) is 1.77. The Balaban J connectivity index is 4.01. The van der Waals surface area contributed by atoms with Gasteiger partial charge >= 0.3 is 5.97 Å². The van der Waals surface area contributed by atoms with Gasteiger partial charge in [0.15, 0.2) is 0 Å². The Kier molecular flexibility index (Phi) is 5.06. The van der Waals surface area contributed by atoms with E-state index in [0.717, 1.165) is 0 Å².